The third kappa shape index (κ3) is 4.55. The first-order valence-corrected chi connectivity index (χ1v) is 11.4. The Labute approximate surface area is 177 Å². The van der Waals surface area contributed by atoms with Crippen LogP contribution < -0.4 is 5.43 Å². The number of para-hydroxylation sites is 2. The molecule has 1 aromatic heterocycles. The molecule has 0 aliphatic heterocycles. The summed E-state index contributed by atoms with van der Waals surface area (Å²) in [6.07, 6.45) is 3.03. The molecule has 1 heterocycles. The first kappa shape index (κ1) is 21.2. The predicted octanol–water partition coefficient (Wildman–Crippen LogP) is 3.07. The Morgan fingerprint density at radius 3 is 2.66 bits per heavy atom. The number of imidazole rings is 1. The van der Waals surface area contributed by atoms with Crippen molar-refractivity contribution >= 4 is 56.7 Å². The Balaban J connectivity index is 1.92. The summed E-state index contributed by atoms with van der Waals surface area (Å²) in [6, 6.07) is 11.2. The van der Waals surface area contributed by atoms with Gasteiger partial charge in [-0.25, -0.2) is 9.66 Å². The monoisotopic (exact) mass is 451 g/mol. The molecule has 11 heteroatoms. The largest absolute Gasteiger partial charge is 0.368 e. The van der Waals surface area contributed by atoms with Gasteiger partial charge in [0.25, 0.3) is 15.9 Å². The van der Waals surface area contributed by atoms with Crippen LogP contribution in [0.2, 0.25) is 5.02 Å². The van der Waals surface area contributed by atoms with E-state index in [4.69, 9.17) is 11.6 Å². The summed E-state index contributed by atoms with van der Waals surface area (Å²) in [6.45, 7) is 0. The average Bonchev–Trinajstić information content (AvgIpc) is 3.04. The van der Waals surface area contributed by atoms with Crippen LogP contribution >= 0.6 is 23.4 Å². The van der Waals surface area contributed by atoms with Crippen LogP contribution in [0.4, 0.5) is 0 Å². The van der Waals surface area contributed by atoms with E-state index in [0.29, 0.717) is 5.16 Å². The number of benzene rings is 2. The number of carbonyl (C=O) groups is 1. The fourth-order valence-electron chi connectivity index (χ4n) is 2.47. The van der Waals surface area contributed by atoms with Crippen LogP contribution in [0.25, 0.3) is 11.0 Å². The van der Waals surface area contributed by atoms with Crippen LogP contribution in [0.1, 0.15) is 10.4 Å². The second-order valence-corrected chi connectivity index (χ2v) is 8.98. The molecule has 8 nitrogen and oxygen atoms in total. The van der Waals surface area contributed by atoms with Crippen LogP contribution in [0.5, 0.6) is 0 Å². The topological polar surface area (TPSA) is 96.7 Å². The number of amides is 1. The van der Waals surface area contributed by atoms with Crippen molar-refractivity contribution in [2.24, 2.45) is 4.40 Å². The molecule has 0 radical (unpaired) electrons. The van der Waals surface area contributed by atoms with Gasteiger partial charge in [-0.05, 0) is 36.6 Å². The zero-order valence-electron chi connectivity index (χ0n) is 15.8. The number of carbonyl (C=O) groups excluding carboxylic acids is 1. The molecule has 0 aliphatic carbocycles. The summed E-state index contributed by atoms with van der Waals surface area (Å²) in [5.74, 6) is -0.491. The number of sulfonamides is 1. The fourth-order valence-corrected chi connectivity index (χ4v) is 4.26. The minimum atomic E-state index is -3.92. The number of nitrogens with one attached hydrogen (secondary N) is 1. The van der Waals surface area contributed by atoms with Crippen LogP contribution in [-0.4, -0.2) is 55.6 Å². The zero-order chi connectivity index (χ0) is 21.2. The molecule has 3 aromatic rings. The normalized spacial score (nSPS) is 11.9. The molecular weight excluding hydrogens is 434 g/mol. The van der Waals surface area contributed by atoms with Gasteiger partial charge in [-0.1, -0.05) is 35.5 Å². The summed E-state index contributed by atoms with van der Waals surface area (Å²) in [7, 11) is -0.607. The minimum Gasteiger partial charge on any atom is -0.368 e. The van der Waals surface area contributed by atoms with E-state index >= 15 is 0 Å². The maximum absolute atomic E-state index is 12.8. The molecule has 0 spiro atoms. The number of thioether (sulfide) groups is 1. The number of hydrogen-bond donors (Lipinski definition) is 1. The summed E-state index contributed by atoms with van der Waals surface area (Å²) in [5.41, 5.74) is 4.37. The molecule has 0 bridgehead atoms. The number of nitrogens with zero attached hydrogens (tertiary/aromatic N) is 4. The molecule has 0 fully saturated rings. The Morgan fingerprint density at radius 1 is 1.28 bits per heavy atom. The summed E-state index contributed by atoms with van der Waals surface area (Å²) >= 11 is 7.59. The van der Waals surface area contributed by atoms with Gasteiger partial charge in [-0.2, -0.15) is 8.42 Å². The molecule has 3 rings (SSSR count). The van der Waals surface area contributed by atoms with Gasteiger partial charge in [0.15, 0.2) is 5.16 Å². The van der Waals surface area contributed by atoms with E-state index in [1.54, 1.807) is 18.8 Å². The van der Waals surface area contributed by atoms with Gasteiger partial charge >= 0.3 is 0 Å². The van der Waals surface area contributed by atoms with Crippen LogP contribution in [-0.2, 0) is 10.0 Å². The van der Waals surface area contributed by atoms with Crippen molar-refractivity contribution in [3.63, 3.8) is 0 Å². The Bertz CT molecular complexity index is 1210. The van der Waals surface area contributed by atoms with E-state index in [1.165, 1.54) is 41.2 Å². The van der Waals surface area contributed by atoms with Crippen molar-refractivity contribution in [2.45, 2.75) is 10.1 Å². The van der Waals surface area contributed by atoms with Crippen molar-refractivity contribution in [3.8, 4) is 0 Å². The molecule has 0 unspecified atom stereocenters. The second-order valence-electron chi connectivity index (χ2n) is 6.16. The molecule has 0 saturated carbocycles. The third-order valence-electron chi connectivity index (χ3n) is 3.83. The number of aromatic nitrogens is 2. The number of hydrogen-bond acceptors (Lipinski definition) is 5. The van der Waals surface area contributed by atoms with Gasteiger partial charge in [0, 0.05) is 14.1 Å². The molecule has 2 aromatic carbocycles. The second kappa shape index (κ2) is 8.44. The highest BCUT2D eigenvalue weighted by Gasteiger charge is 2.19. The number of rotatable bonds is 6. The molecule has 1 amide bonds. The lowest BCUT2D eigenvalue weighted by molar-refractivity contribution is 0.101. The fraction of sp³-hybridized carbons (Fsp3) is 0.167. The van der Waals surface area contributed by atoms with Crippen molar-refractivity contribution in [1.82, 2.24) is 14.6 Å². The SMILES string of the molecule is CSc1nc2ccccc2n1NC(=O)c1ccc(S(=O)(=O)/N=C/N(C)C)cc1Cl. The highest BCUT2D eigenvalue weighted by atomic mass is 35.5. The molecule has 0 aliphatic rings. The maximum atomic E-state index is 12.8. The van der Waals surface area contributed by atoms with Gasteiger partial charge in [-0.15, -0.1) is 4.40 Å². The van der Waals surface area contributed by atoms with Gasteiger partial charge in [0.2, 0.25) is 0 Å². The quantitative estimate of drug-likeness (QED) is 0.351. The lowest BCUT2D eigenvalue weighted by atomic mass is 10.2. The van der Waals surface area contributed by atoms with Gasteiger partial charge in [0.05, 0.1) is 26.5 Å². The maximum Gasteiger partial charge on any atom is 0.283 e. The van der Waals surface area contributed by atoms with E-state index in [9.17, 15) is 13.2 Å². The molecule has 1 N–H and O–H groups in total. The van der Waals surface area contributed by atoms with E-state index in [1.807, 2.05) is 30.5 Å². The lowest BCUT2D eigenvalue weighted by Crippen LogP contribution is -2.23. The smallest absolute Gasteiger partial charge is 0.283 e. The van der Waals surface area contributed by atoms with E-state index in [-0.39, 0.29) is 15.5 Å². The molecular formula is C18H18ClN5O3S2. The average molecular weight is 452 g/mol. The van der Waals surface area contributed by atoms with Gasteiger partial charge in [-0.3, -0.25) is 10.2 Å². The summed E-state index contributed by atoms with van der Waals surface area (Å²) in [4.78, 5) is 18.6. The molecule has 0 atom stereocenters. The lowest BCUT2D eigenvalue weighted by Gasteiger charge is -2.11. The minimum absolute atomic E-state index is 0.00116. The van der Waals surface area contributed by atoms with Crippen molar-refractivity contribution in [1.29, 1.82) is 0 Å². The van der Waals surface area contributed by atoms with Gasteiger partial charge < -0.3 is 4.90 Å². The van der Waals surface area contributed by atoms with E-state index in [0.717, 1.165) is 11.0 Å². The van der Waals surface area contributed by atoms with Gasteiger partial charge in [0.1, 0.15) is 6.34 Å². The predicted molar refractivity (Wildman–Crippen MR) is 116 cm³/mol. The third-order valence-corrected chi connectivity index (χ3v) is 6.00. The van der Waals surface area contributed by atoms with Crippen LogP contribution in [0.3, 0.4) is 0 Å². The Hall–Kier alpha value is -2.56. The van der Waals surface area contributed by atoms with E-state index < -0.39 is 15.9 Å². The van der Waals surface area contributed by atoms with Crippen molar-refractivity contribution < 1.29 is 13.2 Å². The molecule has 152 valence electrons. The Morgan fingerprint density at radius 2 is 2.00 bits per heavy atom. The van der Waals surface area contributed by atoms with Crippen molar-refractivity contribution in [3.05, 3.63) is 53.1 Å². The molecule has 0 saturated heterocycles. The Kier molecular flexibility index (Phi) is 6.15. The molecule has 29 heavy (non-hydrogen) atoms. The highest BCUT2D eigenvalue weighted by molar-refractivity contribution is 7.98. The first-order chi connectivity index (χ1) is 13.7. The summed E-state index contributed by atoms with van der Waals surface area (Å²) in [5, 5.41) is 0.603. The highest BCUT2D eigenvalue weighted by Crippen LogP contribution is 2.24. The number of halogens is 1. The standard InChI is InChI=1S/C18H18ClN5O3S2/c1-23(2)11-20-29(26,27)12-8-9-13(14(19)10-12)17(25)22-24-16-7-5-4-6-15(16)21-18(24)28-3/h4-11H,1-3H3,(H,22,25)/b20-11+. The number of fused-ring (bicyclic) bond motifs is 1. The summed E-state index contributed by atoms with van der Waals surface area (Å²) < 4.78 is 29.6. The van der Waals surface area contributed by atoms with Crippen molar-refractivity contribution in [2.75, 3.05) is 25.8 Å². The van der Waals surface area contributed by atoms with Crippen LogP contribution in [0.15, 0.2) is 56.9 Å². The van der Waals surface area contributed by atoms with E-state index in [2.05, 4.69) is 14.8 Å². The zero-order valence-corrected chi connectivity index (χ0v) is 18.2. The van der Waals surface area contributed by atoms with Crippen LogP contribution in [0, 0.1) is 0 Å². The first-order valence-electron chi connectivity index (χ1n) is 8.32.